The van der Waals surface area contributed by atoms with Gasteiger partial charge in [-0.1, -0.05) is 35.1 Å². The number of carbonyl (C=O) groups excluding carboxylic acids is 1. The third kappa shape index (κ3) is 4.18. The Morgan fingerprint density at radius 1 is 1.27 bits per heavy atom. The summed E-state index contributed by atoms with van der Waals surface area (Å²) in [6, 6.07) is 13.7. The Labute approximate surface area is 155 Å². The lowest BCUT2D eigenvalue weighted by molar-refractivity contribution is -0.119. The minimum absolute atomic E-state index is 0.0988. The summed E-state index contributed by atoms with van der Waals surface area (Å²) in [5.41, 5.74) is 6.11. The number of nitrogens with zero attached hydrogens (tertiary/aromatic N) is 2. The van der Waals surface area contributed by atoms with Crippen molar-refractivity contribution in [3.05, 3.63) is 53.6 Å². The highest BCUT2D eigenvalue weighted by Crippen LogP contribution is 2.25. The van der Waals surface area contributed by atoms with E-state index < -0.39 is 0 Å². The van der Waals surface area contributed by atoms with E-state index in [0.717, 1.165) is 27.1 Å². The van der Waals surface area contributed by atoms with E-state index in [9.17, 15) is 4.79 Å². The van der Waals surface area contributed by atoms with Gasteiger partial charge in [0.2, 0.25) is 0 Å². The third-order valence-corrected chi connectivity index (χ3v) is 4.78. The molecule has 26 heavy (non-hydrogen) atoms. The molecule has 6 nitrogen and oxygen atoms in total. The van der Waals surface area contributed by atoms with Crippen LogP contribution in [0.4, 0.5) is 5.13 Å². The van der Waals surface area contributed by atoms with Gasteiger partial charge in [-0.2, -0.15) is 5.10 Å². The summed E-state index contributed by atoms with van der Waals surface area (Å²) in [4.78, 5) is 16.5. The molecular formula is C19H20N4O2S. The second-order valence-electron chi connectivity index (χ2n) is 5.78. The number of hydrazone groups is 1. The molecule has 0 atom stereocenters. The molecule has 0 unspecified atom stereocenters. The molecule has 2 N–H and O–H groups in total. The van der Waals surface area contributed by atoms with Gasteiger partial charge in [-0.15, -0.1) is 0 Å². The van der Waals surface area contributed by atoms with Gasteiger partial charge in [0.25, 0.3) is 5.91 Å². The van der Waals surface area contributed by atoms with E-state index in [4.69, 9.17) is 4.74 Å². The zero-order valence-corrected chi connectivity index (χ0v) is 15.7. The number of anilines is 1. The maximum atomic E-state index is 12.1. The quantitative estimate of drug-likeness (QED) is 0.515. The minimum Gasteiger partial charge on any atom is -0.496 e. The maximum Gasteiger partial charge on any atom is 0.259 e. The molecule has 0 saturated carbocycles. The van der Waals surface area contributed by atoms with E-state index in [1.807, 2.05) is 56.3 Å². The number of thiazole rings is 1. The predicted molar refractivity (Wildman–Crippen MR) is 106 cm³/mol. The lowest BCUT2D eigenvalue weighted by atomic mass is 10.1. The molecule has 2 aromatic carbocycles. The van der Waals surface area contributed by atoms with Gasteiger partial charge in [0.15, 0.2) is 5.13 Å². The largest absolute Gasteiger partial charge is 0.496 e. The molecule has 0 saturated heterocycles. The van der Waals surface area contributed by atoms with Crippen LogP contribution in [0.25, 0.3) is 10.2 Å². The summed E-state index contributed by atoms with van der Waals surface area (Å²) >= 11 is 1.51. The van der Waals surface area contributed by atoms with Crippen LogP contribution in [0.15, 0.2) is 47.6 Å². The highest BCUT2D eigenvalue weighted by atomic mass is 32.1. The first-order valence-corrected chi connectivity index (χ1v) is 8.96. The van der Waals surface area contributed by atoms with Crippen LogP contribution in [0.2, 0.25) is 0 Å². The smallest absolute Gasteiger partial charge is 0.259 e. The molecule has 0 bridgehead atoms. The molecule has 3 rings (SSSR count). The van der Waals surface area contributed by atoms with E-state index in [1.54, 1.807) is 7.11 Å². The number of aryl methyl sites for hydroxylation is 1. The van der Waals surface area contributed by atoms with Crippen LogP contribution in [0.3, 0.4) is 0 Å². The molecule has 1 heterocycles. The van der Waals surface area contributed by atoms with Crippen molar-refractivity contribution in [1.82, 2.24) is 10.4 Å². The molecule has 0 aliphatic heterocycles. The van der Waals surface area contributed by atoms with Crippen molar-refractivity contribution in [2.75, 3.05) is 19.0 Å². The Morgan fingerprint density at radius 3 is 2.85 bits per heavy atom. The monoisotopic (exact) mass is 368 g/mol. The second-order valence-corrected chi connectivity index (χ2v) is 6.81. The number of rotatable bonds is 6. The molecule has 0 aliphatic carbocycles. The van der Waals surface area contributed by atoms with Crippen LogP contribution in [0.5, 0.6) is 5.75 Å². The van der Waals surface area contributed by atoms with Gasteiger partial charge in [-0.25, -0.2) is 10.4 Å². The van der Waals surface area contributed by atoms with Crippen LogP contribution in [0, 0.1) is 6.92 Å². The number of para-hydroxylation sites is 1. The lowest BCUT2D eigenvalue weighted by Gasteiger charge is -2.09. The van der Waals surface area contributed by atoms with Crippen molar-refractivity contribution < 1.29 is 9.53 Å². The van der Waals surface area contributed by atoms with Gasteiger partial charge in [0.1, 0.15) is 5.75 Å². The molecule has 0 aliphatic rings. The number of fused-ring (bicyclic) bond motifs is 1. The van der Waals surface area contributed by atoms with Crippen LogP contribution >= 0.6 is 11.3 Å². The number of amides is 1. The van der Waals surface area contributed by atoms with Gasteiger partial charge >= 0.3 is 0 Å². The first kappa shape index (κ1) is 17.9. The van der Waals surface area contributed by atoms with Crippen molar-refractivity contribution in [2.24, 2.45) is 5.10 Å². The van der Waals surface area contributed by atoms with Crippen molar-refractivity contribution in [3.63, 3.8) is 0 Å². The summed E-state index contributed by atoms with van der Waals surface area (Å²) in [7, 11) is 1.61. The van der Waals surface area contributed by atoms with E-state index >= 15 is 0 Å². The predicted octanol–water partition coefficient (Wildman–Crippen LogP) is 3.57. The van der Waals surface area contributed by atoms with Crippen LogP contribution in [0.1, 0.15) is 18.1 Å². The second kappa shape index (κ2) is 7.97. The number of benzene rings is 2. The average Bonchev–Trinajstić information content (AvgIpc) is 3.07. The van der Waals surface area contributed by atoms with E-state index in [1.165, 1.54) is 11.3 Å². The van der Waals surface area contributed by atoms with Crippen molar-refractivity contribution in [2.45, 2.75) is 13.8 Å². The molecule has 7 heteroatoms. The molecule has 0 spiro atoms. The van der Waals surface area contributed by atoms with Gasteiger partial charge in [-0.05, 0) is 38.1 Å². The number of aromatic nitrogens is 1. The normalized spacial score (nSPS) is 11.4. The summed E-state index contributed by atoms with van der Waals surface area (Å²) in [5.74, 6) is 0.480. The summed E-state index contributed by atoms with van der Waals surface area (Å²) in [6.45, 7) is 3.93. The third-order valence-electron chi connectivity index (χ3n) is 3.79. The first-order valence-electron chi connectivity index (χ1n) is 8.14. The highest BCUT2D eigenvalue weighted by Gasteiger charge is 2.08. The minimum atomic E-state index is -0.241. The van der Waals surface area contributed by atoms with Gasteiger partial charge < -0.3 is 10.1 Å². The number of hydrogen-bond donors (Lipinski definition) is 2. The molecule has 0 radical (unpaired) electrons. The fourth-order valence-corrected chi connectivity index (χ4v) is 3.32. The molecule has 3 aromatic rings. The summed E-state index contributed by atoms with van der Waals surface area (Å²) < 4.78 is 6.43. The Balaban J connectivity index is 1.61. The summed E-state index contributed by atoms with van der Waals surface area (Å²) in [5, 5.41) is 7.92. The average molecular weight is 368 g/mol. The van der Waals surface area contributed by atoms with Crippen LogP contribution in [-0.4, -0.2) is 30.3 Å². The van der Waals surface area contributed by atoms with Gasteiger partial charge in [-0.3, -0.25) is 4.79 Å². The van der Waals surface area contributed by atoms with Crippen molar-refractivity contribution in [3.8, 4) is 5.75 Å². The Bertz CT molecular complexity index is 932. The zero-order valence-electron chi connectivity index (χ0n) is 14.9. The Hall–Kier alpha value is -2.93. The zero-order chi connectivity index (χ0) is 18.5. The number of carbonyl (C=O) groups is 1. The molecular weight excluding hydrogens is 348 g/mol. The van der Waals surface area contributed by atoms with Gasteiger partial charge in [0, 0.05) is 5.56 Å². The lowest BCUT2D eigenvalue weighted by Crippen LogP contribution is -2.26. The Morgan fingerprint density at radius 2 is 2.08 bits per heavy atom. The molecule has 1 aromatic heterocycles. The summed E-state index contributed by atoms with van der Waals surface area (Å²) in [6.07, 6.45) is 0. The fourth-order valence-electron chi connectivity index (χ4n) is 2.45. The van der Waals surface area contributed by atoms with E-state index in [0.29, 0.717) is 10.8 Å². The van der Waals surface area contributed by atoms with E-state index in [2.05, 4.69) is 20.8 Å². The molecule has 1 amide bonds. The SMILES string of the molecule is COc1ccc(C)cc1/C(C)=N\NC(=O)CNc1nc2ccccc2s1. The van der Waals surface area contributed by atoms with E-state index in [-0.39, 0.29) is 12.5 Å². The van der Waals surface area contributed by atoms with Crippen molar-refractivity contribution >= 4 is 38.3 Å². The fraction of sp³-hybridized carbons (Fsp3) is 0.211. The van der Waals surface area contributed by atoms with Crippen LogP contribution in [-0.2, 0) is 4.79 Å². The maximum absolute atomic E-state index is 12.1. The number of hydrogen-bond acceptors (Lipinski definition) is 6. The molecule has 134 valence electrons. The van der Waals surface area contributed by atoms with Crippen LogP contribution < -0.4 is 15.5 Å². The topological polar surface area (TPSA) is 75.6 Å². The van der Waals surface area contributed by atoms with Gasteiger partial charge in [0.05, 0.1) is 29.6 Å². The Kier molecular flexibility index (Phi) is 5.48. The number of methoxy groups -OCH3 is 1. The van der Waals surface area contributed by atoms with Crippen molar-refractivity contribution in [1.29, 1.82) is 0 Å². The molecule has 0 fully saturated rings. The first-order chi connectivity index (χ1) is 12.6. The number of ether oxygens (including phenoxy) is 1. The highest BCUT2D eigenvalue weighted by molar-refractivity contribution is 7.22. The standard InChI is InChI=1S/C19H20N4O2S/c1-12-8-9-16(25-3)14(10-12)13(2)22-23-18(24)11-20-19-21-15-6-4-5-7-17(15)26-19/h4-10H,11H2,1-3H3,(H,20,21)(H,23,24)/b22-13-. The number of nitrogens with one attached hydrogen (secondary N) is 2.